The van der Waals surface area contributed by atoms with E-state index < -0.39 is 0 Å². The van der Waals surface area contributed by atoms with Crippen LogP contribution in [-0.2, 0) is 17.8 Å². The predicted molar refractivity (Wildman–Crippen MR) is 69.1 cm³/mol. The fourth-order valence-electron chi connectivity index (χ4n) is 1.58. The van der Waals surface area contributed by atoms with E-state index >= 15 is 0 Å². The highest BCUT2D eigenvalue weighted by atomic mass is 16.5. The lowest BCUT2D eigenvalue weighted by Gasteiger charge is -2.11. The molecular weight excluding hydrogens is 216 g/mol. The molecule has 0 fully saturated rings. The van der Waals surface area contributed by atoms with Crippen LogP contribution in [0.15, 0.2) is 6.20 Å². The van der Waals surface area contributed by atoms with Crippen molar-refractivity contribution in [3.63, 3.8) is 0 Å². The van der Waals surface area contributed by atoms with E-state index in [-0.39, 0.29) is 0 Å². The van der Waals surface area contributed by atoms with E-state index in [2.05, 4.69) is 41.0 Å². The molecule has 0 spiro atoms. The fraction of sp³-hybridized carbons (Fsp3) is 0.750. The molecule has 0 aliphatic heterocycles. The molecule has 0 saturated heterocycles. The van der Waals surface area contributed by atoms with E-state index in [1.807, 2.05) is 6.20 Å². The van der Waals surface area contributed by atoms with Gasteiger partial charge in [0.25, 0.3) is 0 Å². The van der Waals surface area contributed by atoms with Gasteiger partial charge < -0.3 is 15.0 Å². The van der Waals surface area contributed by atoms with Crippen LogP contribution < -0.4 is 5.32 Å². The summed E-state index contributed by atoms with van der Waals surface area (Å²) in [4.78, 5) is 2.16. The molecular formula is C12H24N4O. The molecule has 1 N–H and O–H groups in total. The highest BCUT2D eigenvalue weighted by molar-refractivity contribution is 5.15. The third-order valence-corrected chi connectivity index (χ3v) is 2.76. The van der Waals surface area contributed by atoms with Gasteiger partial charge in [0.2, 0.25) is 0 Å². The van der Waals surface area contributed by atoms with Gasteiger partial charge in [0.1, 0.15) is 0 Å². The second-order valence-corrected chi connectivity index (χ2v) is 4.45. The molecule has 1 heterocycles. The number of aromatic nitrogens is 2. The van der Waals surface area contributed by atoms with E-state index in [0.717, 1.165) is 32.8 Å². The van der Waals surface area contributed by atoms with Crippen LogP contribution in [0.3, 0.4) is 0 Å². The van der Waals surface area contributed by atoms with Crippen LogP contribution in [0.1, 0.15) is 11.3 Å². The first kappa shape index (κ1) is 14.2. The van der Waals surface area contributed by atoms with E-state index in [0.29, 0.717) is 0 Å². The smallest absolute Gasteiger partial charge is 0.0587 e. The molecule has 1 aromatic rings. The summed E-state index contributed by atoms with van der Waals surface area (Å²) < 4.78 is 7.05. The SMILES string of the molecule is COCCNCc1cnn(CCN(C)C)c1C. The second kappa shape index (κ2) is 7.42. The van der Waals surface area contributed by atoms with Crippen LogP contribution in [0.5, 0.6) is 0 Å². The Morgan fingerprint density at radius 1 is 1.47 bits per heavy atom. The molecule has 1 aromatic heterocycles. The molecule has 0 saturated carbocycles. The fourth-order valence-corrected chi connectivity index (χ4v) is 1.58. The lowest BCUT2D eigenvalue weighted by molar-refractivity contribution is 0.199. The highest BCUT2D eigenvalue weighted by Gasteiger charge is 2.05. The third kappa shape index (κ3) is 4.85. The zero-order valence-corrected chi connectivity index (χ0v) is 11.4. The lowest BCUT2D eigenvalue weighted by atomic mass is 10.2. The minimum absolute atomic E-state index is 0.744. The number of ether oxygens (including phenoxy) is 1. The van der Waals surface area contributed by atoms with Gasteiger partial charge in [0.05, 0.1) is 19.3 Å². The van der Waals surface area contributed by atoms with Gasteiger partial charge in [-0.3, -0.25) is 4.68 Å². The van der Waals surface area contributed by atoms with E-state index in [4.69, 9.17) is 4.74 Å². The maximum atomic E-state index is 4.99. The molecule has 98 valence electrons. The van der Waals surface area contributed by atoms with Gasteiger partial charge in [-0.15, -0.1) is 0 Å². The normalized spacial score (nSPS) is 11.4. The number of likely N-dealkylation sites (N-methyl/N-ethyl adjacent to an activating group) is 1. The Morgan fingerprint density at radius 3 is 2.88 bits per heavy atom. The predicted octanol–water partition coefficient (Wildman–Crippen LogP) is 0.489. The van der Waals surface area contributed by atoms with Gasteiger partial charge >= 0.3 is 0 Å². The molecule has 0 atom stereocenters. The summed E-state index contributed by atoms with van der Waals surface area (Å²) in [5.74, 6) is 0. The van der Waals surface area contributed by atoms with Crippen molar-refractivity contribution in [1.29, 1.82) is 0 Å². The minimum Gasteiger partial charge on any atom is -0.383 e. The lowest BCUT2D eigenvalue weighted by Crippen LogP contribution is -2.20. The quantitative estimate of drug-likeness (QED) is 0.672. The molecule has 5 nitrogen and oxygen atoms in total. The number of nitrogens with zero attached hydrogens (tertiary/aromatic N) is 3. The average Bonchev–Trinajstić information content (AvgIpc) is 2.63. The Bertz CT molecular complexity index is 322. The molecule has 0 unspecified atom stereocenters. The van der Waals surface area contributed by atoms with Crippen molar-refractivity contribution in [2.45, 2.75) is 20.0 Å². The standard InChI is InChI=1S/C12H24N4O/c1-11-12(9-13-5-8-17-4)10-14-16(11)7-6-15(2)3/h10,13H,5-9H2,1-4H3. The summed E-state index contributed by atoms with van der Waals surface area (Å²) in [7, 11) is 5.87. The van der Waals surface area contributed by atoms with Crippen molar-refractivity contribution >= 4 is 0 Å². The van der Waals surface area contributed by atoms with Gasteiger partial charge in [-0.2, -0.15) is 5.10 Å². The van der Waals surface area contributed by atoms with E-state index in [1.54, 1.807) is 7.11 Å². The topological polar surface area (TPSA) is 42.3 Å². The summed E-state index contributed by atoms with van der Waals surface area (Å²) >= 11 is 0. The maximum absolute atomic E-state index is 4.99. The van der Waals surface area contributed by atoms with Gasteiger partial charge in [-0.05, 0) is 21.0 Å². The zero-order chi connectivity index (χ0) is 12.7. The van der Waals surface area contributed by atoms with Crippen LogP contribution in [-0.4, -0.2) is 55.6 Å². The first-order chi connectivity index (χ1) is 8.15. The third-order valence-electron chi connectivity index (χ3n) is 2.76. The van der Waals surface area contributed by atoms with Crippen LogP contribution in [0, 0.1) is 6.92 Å². The zero-order valence-electron chi connectivity index (χ0n) is 11.4. The number of hydrogen-bond acceptors (Lipinski definition) is 4. The summed E-state index contributed by atoms with van der Waals surface area (Å²) in [5.41, 5.74) is 2.51. The Kier molecular flexibility index (Phi) is 6.18. The summed E-state index contributed by atoms with van der Waals surface area (Å²) in [6, 6.07) is 0. The van der Waals surface area contributed by atoms with Crippen LogP contribution in [0.4, 0.5) is 0 Å². The van der Waals surface area contributed by atoms with Gasteiger partial charge in [0, 0.05) is 38.0 Å². The average molecular weight is 240 g/mol. The van der Waals surface area contributed by atoms with Crippen molar-refractivity contribution in [3.05, 3.63) is 17.5 Å². The van der Waals surface area contributed by atoms with Crippen LogP contribution in [0.25, 0.3) is 0 Å². The number of methoxy groups -OCH3 is 1. The van der Waals surface area contributed by atoms with Crippen molar-refractivity contribution in [1.82, 2.24) is 20.0 Å². The molecule has 0 aromatic carbocycles. The molecule has 0 aliphatic rings. The maximum Gasteiger partial charge on any atom is 0.0587 e. The van der Waals surface area contributed by atoms with Gasteiger partial charge in [-0.1, -0.05) is 0 Å². The monoisotopic (exact) mass is 240 g/mol. The largest absolute Gasteiger partial charge is 0.383 e. The first-order valence-corrected chi connectivity index (χ1v) is 6.00. The minimum atomic E-state index is 0.744. The Labute approximate surface area is 104 Å². The highest BCUT2D eigenvalue weighted by Crippen LogP contribution is 2.06. The van der Waals surface area contributed by atoms with Gasteiger partial charge in [0.15, 0.2) is 0 Å². The Morgan fingerprint density at radius 2 is 2.24 bits per heavy atom. The molecule has 0 bridgehead atoms. The summed E-state index contributed by atoms with van der Waals surface area (Å²) in [6.07, 6.45) is 1.95. The molecule has 0 amide bonds. The van der Waals surface area contributed by atoms with Crippen molar-refractivity contribution in [3.8, 4) is 0 Å². The van der Waals surface area contributed by atoms with E-state index in [1.165, 1.54) is 11.3 Å². The van der Waals surface area contributed by atoms with E-state index in [9.17, 15) is 0 Å². The molecule has 17 heavy (non-hydrogen) atoms. The Hall–Kier alpha value is -0.910. The van der Waals surface area contributed by atoms with Crippen molar-refractivity contribution in [2.24, 2.45) is 0 Å². The number of nitrogens with one attached hydrogen (secondary N) is 1. The van der Waals surface area contributed by atoms with Crippen LogP contribution in [0.2, 0.25) is 0 Å². The molecule has 5 heteroatoms. The molecule has 1 rings (SSSR count). The van der Waals surface area contributed by atoms with Crippen molar-refractivity contribution < 1.29 is 4.74 Å². The summed E-state index contributed by atoms with van der Waals surface area (Å²) in [6.45, 7) is 6.55. The Balaban J connectivity index is 2.40. The van der Waals surface area contributed by atoms with Crippen LogP contribution >= 0.6 is 0 Å². The number of hydrogen-bond donors (Lipinski definition) is 1. The first-order valence-electron chi connectivity index (χ1n) is 6.00. The molecule has 0 aliphatic carbocycles. The number of rotatable bonds is 8. The summed E-state index contributed by atoms with van der Waals surface area (Å²) in [5, 5.41) is 7.74. The second-order valence-electron chi connectivity index (χ2n) is 4.45. The van der Waals surface area contributed by atoms with Crippen molar-refractivity contribution in [2.75, 3.05) is 40.9 Å². The molecule has 0 radical (unpaired) electrons. The van der Waals surface area contributed by atoms with Gasteiger partial charge in [-0.25, -0.2) is 0 Å².